The van der Waals surface area contributed by atoms with Crippen LogP contribution in [0, 0.1) is 0 Å². The molecule has 0 bridgehead atoms. The van der Waals surface area contributed by atoms with Gasteiger partial charge in [0.2, 0.25) is 0 Å². The van der Waals surface area contributed by atoms with Crippen LogP contribution < -0.4 is 16.8 Å². The molecule has 0 aliphatic heterocycles. The van der Waals surface area contributed by atoms with E-state index in [4.69, 9.17) is 11.5 Å². The molecule has 0 saturated heterocycles. The number of rotatable bonds is 6. The fraction of sp³-hybridized carbons (Fsp3) is 0.267. The van der Waals surface area contributed by atoms with Crippen molar-refractivity contribution in [3.63, 3.8) is 0 Å². The van der Waals surface area contributed by atoms with Gasteiger partial charge in [-0.05, 0) is 23.8 Å². The topological polar surface area (TPSA) is 81.1 Å². The maximum Gasteiger partial charge on any atom is 0.261 e. The van der Waals surface area contributed by atoms with Gasteiger partial charge in [0.1, 0.15) is 9.88 Å². The number of benzene rings is 1. The first-order valence-corrected chi connectivity index (χ1v) is 8.68. The van der Waals surface area contributed by atoms with Crippen molar-refractivity contribution in [1.82, 2.24) is 0 Å². The highest BCUT2D eigenvalue weighted by Crippen LogP contribution is 2.41. The number of anilines is 2. The molecule has 0 atom stereocenters. The molecule has 1 heterocycles. The molecule has 2 rings (SSSR count). The van der Waals surface area contributed by atoms with E-state index in [2.05, 4.69) is 36.5 Å². The molecule has 0 unspecified atom stereocenters. The summed E-state index contributed by atoms with van der Waals surface area (Å²) in [6, 6.07) is 8.47. The van der Waals surface area contributed by atoms with Crippen LogP contribution in [0.5, 0.6) is 0 Å². The third-order valence-electron chi connectivity index (χ3n) is 3.21. The fourth-order valence-electron chi connectivity index (χ4n) is 2.01. The highest BCUT2D eigenvalue weighted by molar-refractivity contribution is 7.99. The Morgan fingerprint density at radius 3 is 2.43 bits per heavy atom. The number of nitrogens with two attached hydrogens (primary N) is 2. The lowest BCUT2D eigenvalue weighted by Gasteiger charge is -2.07. The summed E-state index contributed by atoms with van der Waals surface area (Å²) >= 11 is 2.83. The van der Waals surface area contributed by atoms with E-state index in [9.17, 15) is 4.79 Å². The lowest BCUT2D eigenvalue weighted by Crippen LogP contribution is -2.10. The van der Waals surface area contributed by atoms with E-state index in [-0.39, 0.29) is 0 Å². The van der Waals surface area contributed by atoms with Crippen LogP contribution in [0.1, 0.15) is 27.7 Å². The second-order valence-electron chi connectivity index (χ2n) is 4.60. The Morgan fingerprint density at radius 1 is 1.29 bits per heavy atom. The second-order valence-corrected chi connectivity index (χ2v) is 6.43. The van der Waals surface area contributed by atoms with Gasteiger partial charge in [-0.15, -0.1) is 23.1 Å². The molecule has 0 aliphatic carbocycles. The highest BCUT2D eigenvalue weighted by Gasteiger charge is 2.18. The molecule has 0 fully saturated rings. The molecular weight excluding hydrogens is 302 g/mol. The van der Waals surface area contributed by atoms with Crippen molar-refractivity contribution in [1.29, 1.82) is 0 Å². The number of carbonyl (C=O) groups excluding carboxylic acids is 1. The number of nitrogen functional groups attached to an aromatic ring is 1. The Labute approximate surface area is 132 Å². The van der Waals surface area contributed by atoms with Crippen LogP contribution in [0.3, 0.4) is 0 Å². The Hall–Kier alpha value is -1.66. The molecule has 4 nitrogen and oxygen atoms in total. The molecule has 21 heavy (non-hydrogen) atoms. The van der Waals surface area contributed by atoms with E-state index in [1.165, 1.54) is 34.2 Å². The molecular formula is C15H19N3OS2. The van der Waals surface area contributed by atoms with E-state index in [1.807, 2.05) is 6.26 Å². The molecule has 6 heteroatoms. The average Bonchev–Trinajstić information content (AvgIpc) is 2.81. The zero-order chi connectivity index (χ0) is 15.4. The van der Waals surface area contributed by atoms with E-state index in [0.29, 0.717) is 17.1 Å². The van der Waals surface area contributed by atoms with Crippen LogP contribution >= 0.6 is 23.1 Å². The van der Waals surface area contributed by atoms with Crippen molar-refractivity contribution in [2.75, 3.05) is 17.3 Å². The van der Waals surface area contributed by atoms with Crippen LogP contribution in [0.25, 0.3) is 0 Å². The summed E-state index contributed by atoms with van der Waals surface area (Å²) in [6.07, 6.45) is 2.97. The molecule has 1 aromatic heterocycles. The predicted octanol–water partition coefficient (Wildman–Crippen LogP) is 3.33. The minimum absolute atomic E-state index is 0.420. The summed E-state index contributed by atoms with van der Waals surface area (Å²) in [5, 5.41) is 4.24. The van der Waals surface area contributed by atoms with Gasteiger partial charge in [-0.1, -0.05) is 31.2 Å². The summed E-state index contributed by atoms with van der Waals surface area (Å²) in [5.41, 5.74) is 14.3. The molecule has 0 radical (unpaired) electrons. The van der Waals surface area contributed by atoms with E-state index < -0.39 is 5.91 Å². The third kappa shape index (κ3) is 3.51. The quantitative estimate of drug-likeness (QED) is 0.713. The standard InChI is InChI=1S/C15H19N3OS2/c1-3-9-4-6-10(7-5-9)8-18-15-13(20-2)11(16)12(21-15)14(17)19/h4-7,18H,3,8,16H2,1-2H3,(H2,17,19). The molecule has 2 aromatic rings. The van der Waals surface area contributed by atoms with Crippen molar-refractivity contribution >= 4 is 39.7 Å². The summed E-state index contributed by atoms with van der Waals surface area (Å²) in [7, 11) is 0. The number of thiophene rings is 1. The van der Waals surface area contributed by atoms with Crippen molar-refractivity contribution in [3.05, 3.63) is 40.3 Å². The number of hydrogen-bond acceptors (Lipinski definition) is 5. The van der Waals surface area contributed by atoms with Crippen molar-refractivity contribution in [2.45, 2.75) is 24.8 Å². The van der Waals surface area contributed by atoms with Crippen LogP contribution in [0.4, 0.5) is 10.7 Å². The summed E-state index contributed by atoms with van der Waals surface area (Å²) < 4.78 is 0. The number of nitrogens with one attached hydrogen (secondary N) is 1. The fourth-order valence-corrected chi connectivity index (χ4v) is 3.89. The number of thioether (sulfide) groups is 1. The molecule has 0 spiro atoms. The number of hydrogen-bond donors (Lipinski definition) is 3. The Balaban J connectivity index is 2.15. The number of amides is 1. The number of aryl methyl sites for hydroxylation is 1. The second kappa shape index (κ2) is 6.87. The van der Waals surface area contributed by atoms with Gasteiger partial charge in [0.25, 0.3) is 5.91 Å². The van der Waals surface area contributed by atoms with Gasteiger partial charge < -0.3 is 16.8 Å². The van der Waals surface area contributed by atoms with Crippen LogP contribution in [0.15, 0.2) is 29.2 Å². The van der Waals surface area contributed by atoms with E-state index in [0.717, 1.165) is 16.3 Å². The SMILES string of the molecule is CCc1ccc(CNc2sc(C(N)=O)c(N)c2SC)cc1. The Bertz CT molecular complexity index is 635. The largest absolute Gasteiger partial charge is 0.396 e. The molecule has 5 N–H and O–H groups in total. The van der Waals surface area contributed by atoms with E-state index in [1.54, 1.807) is 0 Å². The van der Waals surface area contributed by atoms with Gasteiger partial charge in [0, 0.05) is 6.54 Å². The third-order valence-corrected chi connectivity index (χ3v) is 5.35. The Morgan fingerprint density at radius 2 is 1.90 bits per heavy atom. The van der Waals surface area contributed by atoms with Gasteiger partial charge in [-0.2, -0.15) is 0 Å². The van der Waals surface area contributed by atoms with Gasteiger partial charge in [-0.25, -0.2) is 0 Å². The van der Waals surface area contributed by atoms with Crippen molar-refractivity contribution < 1.29 is 4.79 Å². The van der Waals surface area contributed by atoms with Crippen LogP contribution in [-0.2, 0) is 13.0 Å². The smallest absolute Gasteiger partial charge is 0.261 e. The first kappa shape index (κ1) is 15.7. The maximum absolute atomic E-state index is 11.4. The minimum Gasteiger partial charge on any atom is -0.396 e. The Kier molecular flexibility index (Phi) is 5.14. The van der Waals surface area contributed by atoms with Gasteiger partial charge >= 0.3 is 0 Å². The lowest BCUT2D eigenvalue weighted by molar-refractivity contribution is 0.100. The predicted molar refractivity (Wildman–Crippen MR) is 92.2 cm³/mol. The first-order valence-electron chi connectivity index (χ1n) is 6.64. The van der Waals surface area contributed by atoms with E-state index >= 15 is 0 Å². The van der Waals surface area contributed by atoms with Crippen LogP contribution in [0.2, 0.25) is 0 Å². The maximum atomic E-state index is 11.4. The van der Waals surface area contributed by atoms with Crippen LogP contribution in [-0.4, -0.2) is 12.2 Å². The molecule has 1 aromatic carbocycles. The first-order chi connectivity index (χ1) is 10.1. The van der Waals surface area contributed by atoms with Crippen molar-refractivity contribution in [3.8, 4) is 0 Å². The normalized spacial score (nSPS) is 10.6. The van der Waals surface area contributed by atoms with Gasteiger partial charge in [0.15, 0.2) is 0 Å². The summed E-state index contributed by atoms with van der Waals surface area (Å²) in [5.74, 6) is -0.479. The van der Waals surface area contributed by atoms with Gasteiger partial charge in [-0.3, -0.25) is 4.79 Å². The monoisotopic (exact) mass is 321 g/mol. The lowest BCUT2D eigenvalue weighted by atomic mass is 10.1. The molecule has 0 saturated carbocycles. The summed E-state index contributed by atoms with van der Waals surface area (Å²) in [6.45, 7) is 2.83. The number of primary amides is 1. The molecule has 0 aliphatic rings. The van der Waals surface area contributed by atoms with Crippen molar-refractivity contribution in [2.24, 2.45) is 5.73 Å². The summed E-state index contributed by atoms with van der Waals surface area (Å²) in [4.78, 5) is 12.7. The zero-order valence-corrected chi connectivity index (χ0v) is 13.7. The molecule has 1 amide bonds. The number of carbonyl (C=O) groups is 1. The zero-order valence-electron chi connectivity index (χ0n) is 12.1. The van der Waals surface area contributed by atoms with Gasteiger partial charge in [0.05, 0.1) is 10.6 Å². The minimum atomic E-state index is -0.479. The average molecular weight is 321 g/mol. The highest BCUT2D eigenvalue weighted by atomic mass is 32.2. The molecule has 112 valence electrons.